The van der Waals surface area contributed by atoms with Crippen LogP contribution in [-0.4, -0.2) is 303 Å². The summed E-state index contributed by atoms with van der Waals surface area (Å²) in [5, 5.41) is 147. The van der Waals surface area contributed by atoms with Crippen molar-refractivity contribution in [3.05, 3.63) is 23.8 Å². The van der Waals surface area contributed by atoms with Gasteiger partial charge in [0.1, 0.15) is 121 Å². The van der Waals surface area contributed by atoms with Gasteiger partial charge in [0.2, 0.25) is 0 Å². The molecule has 3 saturated carbocycles. The van der Waals surface area contributed by atoms with E-state index in [-0.39, 0.29) is 17.8 Å². The Balaban J connectivity index is 0.894. The van der Waals surface area contributed by atoms with Gasteiger partial charge in [0, 0.05) is 19.4 Å². The van der Waals surface area contributed by atoms with Crippen LogP contribution in [0.3, 0.4) is 0 Å². The maximum Gasteiger partial charge on any atom is 0.397 e. The van der Waals surface area contributed by atoms with Crippen LogP contribution < -0.4 is 0 Å². The van der Waals surface area contributed by atoms with Gasteiger partial charge in [0.15, 0.2) is 31.5 Å². The van der Waals surface area contributed by atoms with E-state index < -0.39 is 246 Å². The molecule has 0 amide bonds. The molecular weight excluding hydrogens is 1330 g/mol. The quantitative estimate of drug-likeness (QED) is 0.0226. The van der Waals surface area contributed by atoms with Crippen LogP contribution in [-0.2, 0) is 90.8 Å². The van der Waals surface area contributed by atoms with Crippen molar-refractivity contribution >= 4 is 26.8 Å². The third-order valence-electron chi connectivity index (χ3n) is 22.5. The highest BCUT2D eigenvalue weighted by molar-refractivity contribution is 7.81. The Hall–Kier alpha value is -2.27. The molecule has 33 atom stereocenters. The molecule has 15 N–H and O–H groups in total. The summed E-state index contributed by atoms with van der Waals surface area (Å²) in [5.74, 6) is -1.05. The number of fused-ring (bicyclic) bond motifs is 4. The zero-order chi connectivity index (χ0) is 70.7. The van der Waals surface area contributed by atoms with Crippen LogP contribution in [0.5, 0.6) is 0 Å². The van der Waals surface area contributed by atoms with Gasteiger partial charge >= 0.3 is 26.8 Å². The van der Waals surface area contributed by atoms with Gasteiger partial charge in [-0.2, -0.15) is 16.8 Å². The minimum absolute atomic E-state index is 0.123. The SMILES string of the molecule is CO[C@@H]1[C@@H](O)[C@H](O[C@@H]2[C@@H](O)[C@H](O[C@H]3[C@@H](O)[C@@H](O)[C@H](O[C@H]4[C@H](O[C@H]5CC[C@]6(C)C7=C[C@H](O)[C@]89C(=O)O[C@@](C)(C/C=C/C(C)(C)O)[C@H]8CC[C@@]9(C)[C@@H]7CC[C@H]6C5(C)C)OC[C@@H](O[C@@H]5O[C@H](COS(=O)(=O)O)[C@H](O)[C@H](O)[C@H]5O)[C@@H]4O)O[C@@H]3C)O[C@H](COS(=O)(=O)O)[C@H]2O)O[C@H](CO)[C@H]1O. The number of cyclic esters (lactones) is 1. The first-order valence-corrected chi connectivity index (χ1v) is 35.0. The van der Waals surface area contributed by atoms with Crippen LogP contribution in [0, 0.1) is 39.4 Å². The average Bonchev–Trinajstić information content (AvgIpc) is 1.45. The van der Waals surface area contributed by atoms with Crippen molar-refractivity contribution in [2.45, 2.75) is 271 Å². The normalized spacial score (nSPS) is 49.9. The Bertz CT molecular complexity index is 3030. The summed E-state index contributed by atoms with van der Waals surface area (Å²) in [4.78, 5) is 14.6. The van der Waals surface area contributed by atoms with Crippen LogP contribution in [0.4, 0.5) is 0 Å². The number of allylic oxidation sites excluding steroid dienone is 1. The molecule has 0 radical (unpaired) electrons. The van der Waals surface area contributed by atoms with E-state index in [1.165, 1.54) is 6.92 Å². The predicted octanol–water partition coefficient (Wildman–Crippen LogP) is -3.97. The largest absolute Gasteiger partial charge is 0.458 e. The summed E-state index contributed by atoms with van der Waals surface area (Å²) in [7, 11) is -9.23. The van der Waals surface area contributed by atoms with Gasteiger partial charge in [0.25, 0.3) is 0 Å². The second-order valence-electron chi connectivity index (χ2n) is 29.2. The van der Waals surface area contributed by atoms with Crippen molar-refractivity contribution in [1.29, 1.82) is 0 Å². The first-order chi connectivity index (χ1) is 44.6. The first-order valence-electron chi connectivity index (χ1n) is 32.3. The van der Waals surface area contributed by atoms with Gasteiger partial charge in [-0.05, 0) is 94.3 Å². The highest BCUT2D eigenvalue weighted by Gasteiger charge is 2.79. The summed E-state index contributed by atoms with van der Waals surface area (Å²) < 4.78 is 146. The van der Waals surface area contributed by atoms with E-state index in [2.05, 4.69) is 22.2 Å². The van der Waals surface area contributed by atoms with E-state index >= 15 is 0 Å². The fraction of sp³-hybridized carbons (Fsp3) is 0.917. The second kappa shape index (κ2) is 28.1. The standard InChI is InChI=1S/C60H96O34S2/c1-24-45(91-52-44(72)47(37(65)30(89-52)23-84-96(78,79)80)92-51-43(71)46(81-9)36(64)27(20-61)86-51)40(68)42(70)49(85-24)93-48-38(66)28(87-50-41(69)39(67)35(63)29(88-50)22-83-95(75,76)77)21-82-53(48)90-34-14-17-57(6)26-19-33(62)60-32(59(8,94-54(60)73)16-10-15-55(2,3)74)13-18-58(60,7)25(26)11-12-31(57)56(34,4)5/h10,15,19,24-25,27-53,61-72,74H,11-14,16-18,20-23H2,1-9H3,(H,75,76,77)(H,78,79,80)/b15-10+/t24-,25-,27-,28-,29-,30-,31+,32-,33+,34+,35+,36-,37-,38+,39+,40+,41-,42-,43-,44-,45-,46+,47+,48-,49+,50-,51+,52+,53+,57-,58+,59+,60+/m1/s1. The lowest BCUT2D eigenvalue weighted by atomic mass is 9.40. The molecule has 96 heavy (non-hydrogen) atoms. The zero-order valence-corrected chi connectivity index (χ0v) is 56.2. The van der Waals surface area contributed by atoms with Crippen LogP contribution >= 0.6 is 0 Å². The third kappa shape index (κ3) is 14.1. The van der Waals surface area contributed by atoms with Crippen molar-refractivity contribution < 1.29 is 162 Å². The van der Waals surface area contributed by atoms with Crippen LogP contribution in [0.2, 0.25) is 0 Å². The summed E-state index contributed by atoms with van der Waals surface area (Å²) in [5.41, 5.74) is -4.27. The molecule has 34 nitrogen and oxygen atoms in total. The van der Waals surface area contributed by atoms with E-state index in [1.807, 2.05) is 32.9 Å². The Morgan fingerprint density at radius 3 is 1.76 bits per heavy atom. The van der Waals surface area contributed by atoms with E-state index in [4.69, 9.17) is 56.8 Å². The molecule has 1 spiro atoms. The number of esters is 1. The lowest BCUT2D eigenvalue weighted by Gasteiger charge is -2.64. The molecule has 9 fully saturated rings. The average molecular weight is 1430 g/mol. The van der Waals surface area contributed by atoms with Gasteiger partial charge in [0.05, 0.1) is 50.3 Å². The van der Waals surface area contributed by atoms with Gasteiger partial charge < -0.3 is 123 Å². The number of carbonyl (C=O) groups is 1. The van der Waals surface area contributed by atoms with Gasteiger partial charge in [-0.3, -0.25) is 13.9 Å². The number of aliphatic hydroxyl groups is 13. The van der Waals surface area contributed by atoms with Gasteiger partial charge in [-0.15, -0.1) is 0 Å². The lowest BCUT2D eigenvalue weighted by molar-refractivity contribution is -0.394. The fourth-order valence-electron chi connectivity index (χ4n) is 17.6. The summed E-state index contributed by atoms with van der Waals surface area (Å²) in [6, 6.07) is 0. The van der Waals surface area contributed by atoms with Crippen molar-refractivity contribution in [3.8, 4) is 0 Å². The number of methoxy groups -OCH3 is 1. The molecule has 0 unspecified atom stereocenters. The molecule has 10 rings (SSSR count). The Kier molecular flexibility index (Phi) is 22.3. The van der Waals surface area contributed by atoms with Crippen LogP contribution in [0.25, 0.3) is 0 Å². The Morgan fingerprint density at radius 1 is 0.604 bits per heavy atom. The number of hydrogen-bond donors (Lipinski definition) is 15. The molecule has 0 aromatic carbocycles. The van der Waals surface area contributed by atoms with Crippen molar-refractivity contribution in [2.75, 3.05) is 33.5 Å². The monoisotopic (exact) mass is 1420 g/mol. The van der Waals surface area contributed by atoms with Crippen molar-refractivity contribution in [3.63, 3.8) is 0 Å². The number of carbonyl (C=O) groups excluding carboxylic acids is 1. The topological polar surface area (TPSA) is 518 Å². The van der Waals surface area contributed by atoms with Gasteiger partial charge in [-0.1, -0.05) is 51.5 Å². The number of rotatable bonds is 21. The molecule has 0 bridgehead atoms. The van der Waals surface area contributed by atoms with Crippen LogP contribution in [0.15, 0.2) is 23.8 Å². The second-order valence-corrected chi connectivity index (χ2v) is 31.4. The molecule has 552 valence electrons. The van der Waals surface area contributed by atoms with Crippen LogP contribution in [0.1, 0.15) is 100 Å². The van der Waals surface area contributed by atoms with E-state index in [0.29, 0.717) is 44.9 Å². The van der Waals surface area contributed by atoms with E-state index in [0.717, 1.165) is 12.7 Å². The molecular formula is C60H96O34S2. The summed E-state index contributed by atoms with van der Waals surface area (Å²) >= 11 is 0. The predicted molar refractivity (Wildman–Crippen MR) is 317 cm³/mol. The number of hydrogen-bond acceptors (Lipinski definition) is 32. The molecule has 0 aromatic heterocycles. The zero-order valence-electron chi connectivity index (χ0n) is 54.5. The molecule has 6 aliphatic heterocycles. The minimum Gasteiger partial charge on any atom is -0.458 e. The third-order valence-corrected chi connectivity index (χ3v) is 23.4. The Labute approximate surface area is 555 Å². The fourth-order valence-corrected chi connectivity index (χ4v) is 18.2. The smallest absolute Gasteiger partial charge is 0.397 e. The summed E-state index contributed by atoms with van der Waals surface area (Å²) in [6.45, 7) is 11.1. The Morgan fingerprint density at radius 2 is 1.16 bits per heavy atom. The van der Waals surface area contributed by atoms with Crippen molar-refractivity contribution in [2.24, 2.45) is 39.4 Å². The molecule has 10 aliphatic rings. The van der Waals surface area contributed by atoms with E-state index in [9.17, 15) is 97.1 Å². The number of ether oxygens (including phenoxy) is 12. The maximum atomic E-state index is 14.6. The molecule has 4 aliphatic carbocycles. The maximum absolute atomic E-state index is 14.6. The summed E-state index contributed by atoms with van der Waals surface area (Å²) in [6.07, 6.45) is -37.8. The highest BCUT2D eigenvalue weighted by Crippen LogP contribution is 2.76. The molecule has 36 heteroatoms. The number of aliphatic hydroxyl groups excluding tert-OH is 12. The van der Waals surface area contributed by atoms with E-state index in [1.54, 1.807) is 19.9 Å². The lowest BCUT2D eigenvalue weighted by Crippen LogP contribution is -2.67. The minimum atomic E-state index is -5.22. The molecule has 6 heterocycles. The van der Waals surface area contributed by atoms with Crippen molar-refractivity contribution in [1.82, 2.24) is 0 Å². The molecule has 0 aromatic rings. The first kappa shape index (κ1) is 76.4. The van der Waals surface area contributed by atoms with Gasteiger partial charge in [-0.25, -0.2) is 8.37 Å². The highest BCUT2D eigenvalue weighted by atomic mass is 32.3. The molecule has 6 saturated heterocycles.